The molecular formula is C15H16F3NO. The minimum absolute atomic E-state index is 0.0481. The minimum atomic E-state index is -4.18. The Morgan fingerprint density at radius 2 is 1.85 bits per heavy atom. The van der Waals surface area contributed by atoms with Gasteiger partial charge in [-0.05, 0) is 31.9 Å². The molecule has 1 atom stereocenters. The fraction of sp³-hybridized carbons (Fsp3) is 0.400. The zero-order valence-electron chi connectivity index (χ0n) is 11.1. The first-order valence-corrected chi connectivity index (χ1v) is 6.42. The Labute approximate surface area is 115 Å². The molecule has 1 N–H and O–H groups in total. The summed E-state index contributed by atoms with van der Waals surface area (Å²) in [6.07, 6.45) is -3.60. The highest BCUT2D eigenvalue weighted by atomic mass is 19.4. The van der Waals surface area contributed by atoms with Gasteiger partial charge in [0, 0.05) is 23.6 Å². The van der Waals surface area contributed by atoms with Gasteiger partial charge in [0.1, 0.15) is 0 Å². The van der Waals surface area contributed by atoms with Crippen LogP contribution in [-0.4, -0.2) is 16.3 Å². The normalized spacial score (nSPS) is 15.2. The monoisotopic (exact) mass is 283 g/mol. The quantitative estimate of drug-likeness (QED) is 0.913. The molecule has 0 amide bonds. The van der Waals surface area contributed by atoms with Gasteiger partial charge in [-0.1, -0.05) is 18.2 Å². The lowest BCUT2D eigenvalue weighted by atomic mass is 9.91. The van der Waals surface area contributed by atoms with Crippen LogP contribution in [0.15, 0.2) is 36.5 Å². The Bertz CT molecular complexity index is 593. The van der Waals surface area contributed by atoms with E-state index in [9.17, 15) is 18.3 Å². The first kappa shape index (κ1) is 14.8. The molecule has 1 aromatic heterocycles. The summed E-state index contributed by atoms with van der Waals surface area (Å²) >= 11 is 0. The number of fused-ring (bicyclic) bond motifs is 1. The van der Waals surface area contributed by atoms with Gasteiger partial charge in [0.15, 0.2) is 0 Å². The number of rotatable bonds is 4. The van der Waals surface area contributed by atoms with E-state index in [0.29, 0.717) is 5.56 Å². The van der Waals surface area contributed by atoms with Gasteiger partial charge < -0.3 is 5.11 Å². The Kier molecular flexibility index (Phi) is 3.99. The second-order valence-corrected chi connectivity index (χ2v) is 5.16. The van der Waals surface area contributed by atoms with Crippen LogP contribution in [0.4, 0.5) is 13.2 Å². The highest BCUT2D eigenvalue weighted by molar-refractivity contribution is 5.78. The number of pyridine rings is 1. The van der Waals surface area contributed by atoms with E-state index in [1.807, 2.05) is 24.3 Å². The Morgan fingerprint density at radius 3 is 2.55 bits per heavy atom. The zero-order chi connectivity index (χ0) is 14.8. The molecule has 2 nitrogen and oxygen atoms in total. The molecule has 5 heteroatoms. The molecule has 108 valence electrons. The van der Waals surface area contributed by atoms with Crippen molar-refractivity contribution in [3.05, 3.63) is 42.1 Å². The lowest BCUT2D eigenvalue weighted by Gasteiger charge is -2.24. The van der Waals surface area contributed by atoms with Crippen molar-refractivity contribution in [1.29, 1.82) is 0 Å². The molecule has 0 aliphatic carbocycles. The van der Waals surface area contributed by atoms with Gasteiger partial charge in [0.2, 0.25) is 0 Å². The predicted octanol–water partition coefficient (Wildman–Crippen LogP) is 4.17. The second kappa shape index (κ2) is 5.40. The molecule has 2 rings (SSSR count). The summed E-state index contributed by atoms with van der Waals surface area (Å²) in [5.74, 6) is 0. The van der Waals surface area contributed by atoms with Crippen molar-refractivity contribution in [2.45, 2.75) is 38.0 Å². The molecule has 0 aliphatic rings. The predicted molar refractivity (Wildman–Crippen MR) is 71.2 cm³/mol. The van der Waals surface area contributed by atoms with Crippen LogP contribution in [0.5, 0.6) is 0 Å². The van der Waals surface area contributed by atoms with E-state index < -0.39 is 18.2 Å². The molecule has 0 radical (unpaired) electrons. The molecule has 0 spiro atoms. The van der Waals surface area contributed by atoms with Crippen molar-refractivity contribution in [2.24, 2.45) is 0 Å². The van der Waals surface area contributed by atoms with Crippen molar-refractivity contribution in [3.8, 4) is 0 Å². The minimum Gasteiger partial charge on any atom is -0.385 e. The average molecular weight is 283 g/mol. The van der Waals surface area contributed by atoms with Crippen LogP contribution in [-0.2, 0) is 5.60 Å². The van der Waals surface area contributed by atoms with Crippen LogP contribution in [0.3, 0.4) is 0 Å². The number of hydrogen-bond donors (Lipinski definition) is 1. The fourth-order valence-corrected chi connectivity index (χ4v) is 2.14. The fourth-order valence-electron chi connectivity index (χ4n) is 2.14. The van der Waals surface area contributed by atoms with E-state index in [1.165, 1.54) is 13.1 Å². The molecule has 0 saturated carbocycles. The maximum absolute atomic E-state index is 12.1. The Morgan fingerprint density at radius 1 is 1.15 bits per heavy atom. The largest absolute Gasteiger partial charge is 0.389 e. The molecule has 0 bridgehead atoms. The molecule has 0 saturated heterocycles. The molecule has 1 heterocycles. The summed E-state index contributed by atoms with van der Waals surface area (Å²) in [5, 5.41) is 11.2. The van der Waals surface area contributed by atoms with E-state index in [1.54, 1.807) is 6.07 Å². The number of alkyl halides is 3. The Balaban J connectivity index is 2.14. The summed E-state index contributed by atoms with van der Waals surface area (Å²) in [4.78, 5) is 4.22. The highest BCUT2D eigenvalue weighted by Crippen LogP contribution is 2.31. The number of aromatic nitrogens is 1. The van der Waals surface area contributed by atoms with E-state index in [-0.39, 0.29) is 12.8 Å². The van der Waals surface area contributed by atoms with Crippen LogP contribution in [0.1, 0.15) is 31.7 Å². The molecule has 2 aromatic rings. The van der Waals surface area contributed by atoms with Crippen LogP contribution in [0, 0.1) is 0 Å². The summed E-state index contributed by atoms with van der Waals surface area (Å²) in [7, 11) is 0. The van der Waals surface area contributed by atoms with Gasteiger partial charge in [0.05, 0.1) is 11.1 Å². The van der Waals surface area contributed by atoms with Crippen LogP contribution in [0.2, 0.25) is 0 Å². The van der Waals surface area contributed by atoms with Crippen LogP contribution in [0.25, 0.3) is 10.9 Å². The van der Waals surface area contributed by atoms with Crippen molar-refractivity contribution in [3.63, 3.8) is 0 Å². The third-order valence-corrected chi connectivity index (χ3v) is 3.34. The van der Waals surface area contributed by atoms with Gasteiger partial charge in [-0.2, -0.15) is 13.2 Å². The smallest absolute Gasteiger partial charge is 0.385 e. The number of aliphatic hydroxyl groups is 1. The lowest BCUT2D eigenvalue weighted by molar-refractivity contribution is -0.137. The van der Waals surface area contributed by atoms with Crippen LogP contribution >= 0.6 is 0 Å². The molecule has 1 aromatic carbocycles. The molecule has 20 heavy (non-hydrogen) atoms. The van der Waals surface area contributed by atoms with Crippen molar-refractivity contribution in [1.82, 2.24) is 4.98 Å². The van der Waals surface area contributed by atoms with E-state index in [0.717, 1.165) is 10.9 Å². The third kappa shape index (κ3) is 3.70. The van der Waals surface area contributed by atoms with Crippen molar-refractivity contribution < 1.29 is 18.3 Å². The zero-order valence-corrected chi connectivity index (χ0v) is 11.1. The Hall–Kier alpha value is -1.62. The summed E-state index contributed by atoms with van der Waals surface area (Å²) in [5.41, 5.74) is 0.0307. The molecule has 0 fully saturated rings. The third-order valence-electron chi connectivity index (χ3n) is 3.34. The first-order valence-electron chi connectivity index (χ1n) is 6.42. The first-order chi connectivity index (χ1) is 9.28. The van der Waals surface area contributed by atoms with E-state index in [4.69, 9.17) is 0 Å². The summed E-state index contributed by atoms with van der Waals surface area (Å²) < 4.78 is 36.4. The number of para-hydroxylation sites is 1. The lowest BCUT2D eigenvalue weighted by Crippen LogP contribution is -2.22. The van der Waals surface area contributed by atoms with Gasteiger partial charge in [-0.25, -0.2) is 0 Å². The molecule has 1 unspecified atom stereocenters. The molecule has 0 aliphatic heterocycles. The maximum Gasteiger partial charge on any atom is 0.389 e. The summed E-state index contributed by atoms with van der Waals surface area (Å²) in [6.45, 7) is 1.52. The number of hydrogen-bond acceptors (Lipinski definition) is 2. The van der Waals surface area contributed by atoms with Crippen molar-refractivity contribution >= 4 is 10.9 Å². The number of benzene rings is 1. The highest BCUT2D eigenvalue weighted by Gasteiger charge is 2.30. The van der Waals surface area contributed by atoms with Gasteiger partial charge in [-0.3, -0.25) is 4.98 Å². The SMILES string of the molecule is CC(O)(CCCC(F)(F)F)c1cnc2ccccc2c1. The van der Waals surface area contributed by atoms with Crippen LogP contribution < -0.4 is 0 Å². The van der Waals surface area contributed by atoms with E-state index in [2.05, 4.69) is 4.98 Å². The van der Waals surface area contributed by atoms with Crippen molar-refractivity contribution in [2.75, 3.05) is 0 Å². The number of halogens is 3. The topological polar surface area (TPSA) is 33.1 Å². The average Bonchev–Trinajstić information content (AvgIpc) is 2.36. The second-order valence-electron chi connectivity index (χ2n) is 5.16. The molecular weight excluding hydrogens is 267 g/mol. The number of nitrogens with zero attached hydrogens (tertiary/aromatic N) is 1. The maximum atomic E-state index is 12.1. The van der Waals surface area contributed by atoms with Gasteiger partial charge in [-0.15, -0.1) is 0 Å². The van der Waals surface area contributed by atoms with Gasteiger partial charge >= 0.3 is 6.18 Å². The standard InChI is InChI=1S/C15H16F3NO/c1-14(20,7-4-8-15(16,17)18)12-9-11-5-2-3-6-13(11)19-10-12/h2-3,5-6,9-10,20H,4,7-8H2,1H3. The summed E-state index contributed by atoms with van der Waals surface area (Å²) in [6, 6.07) is 9.19. The van der Waals surface area contributed by atoms with E-state index >= 15 is 0 Å². The van der Waals surface area contributed by atoms with Gasteiger partial charge in [0.25, 0.3) is 0 Å².